The van der Waals surface area contributed by atoms with Crippen molar-refractivity contribution in [1.29, 1.82) is 0 Å². The molecule has 0 aromatic heterocycles. The van der Waals surface area contributed by atoms with E-state index in [1.54, 1.807) is 21.3 Å². The Morgan fingerprint density at radius 2 is 1.79 bits per heavy atom. The van der Waals surface area contributed by atoms with E-state index in [4.69, 9.17) is 14.2 Å². The maximum atomic E-state index is 5.18. The number of ether oxygens (including phenoxy) is 3. The smallest absolute Gasteiger partial charge is 0.194 e. The molecule has 0 bridgehead atoms. The van der Waals surface area contributed by atoms with Crippen LogP contribution in [0.25, 0.3) is 0 Å². The predicted octanol–water partition coefficient (Wildman–Crippen LogP) is 1.97. The Morgan fingerprint density at radius 3 is 2.29 bits per heavy atom. The van der Waals surface area contributed by atoms with Crippen LogP contribution in [0.15, 0.2) is 24.3 Å². The first-order valence-corrected chi connectivity index (χ1v) is 4.26. The van der Waals surface area contributed by atoms with Crippen molar-refractivity contribution in [2.75, 3.05) is 21.3 Å². The highest BCUT2D eigenvalue weighted by atomic mass is 16.7. The second-order valence-electron chi connectivity index (χ2n) is 2.89. The van der Waals surface area contributed by atoms with E-state index in [1.165, 1.54) is 0 Å². The first-order valence-electron chi connectivity index (χ1n) is 4.26. The zero-order chi connectivity index (χ0) is 10.6. The second-order valence-corrected chi connectivity index (χ2v) is 2.89. The van der Waals surface area contributed by atoms with E-state index >= 15 is 0 Å². The molecule has 14 heavy (non-hydrogen) atoms. The predicted molar refractivity (Wildman–Crippen MR) is 54.0 cm³/mol. The molecule has 3 heteroatoms. The first kappa shape index (κ1) is 11.0. The SMILES string of the molecule is [CH2]C(OC)(OC)c1cccc(OC)c1. The van der Waals surface area contributed by atoms with Gasteiger partial charge in [-0.3, -0.25) is 0 Å². The van der Waals surface area contributed by atoms with Gasteiger partial charge >= 0.3 is 0 Å². The third-order valence-electron chi connectivity index (χ3n) is 2.17. The Morgan fingerprint density at radius 1 is 1.14 bits per heavy atom. The van der Waals surface area contributed by atoms with Crippen LogP contribution >= 0.6 is 0 Å². The average Bonchev–Trinajstić information content (AvgIpc) is 2.28. The summed E-state index contributed by atoms with van der Waals surface area (Å²) in [5.41, 5.74) is 0.821. The second kappa shape index (κ2) is 4.44. The highest BCUT2D eigenvalue weighted by molar-refractivity contribution is 5.31. The Bertz CT molecular complexity index is 292. The van der Waals surface area contributed by atoms with Crippen LogP contribution in [0.4, 0.5) is 0 Å². The molecular weight excluding hydrogens is 180 g/mol. The lowest BCUT2D eigenvalue weighted by Gasteiger charge is -2.26. The molecule has 0 N–H and O–H groups in total. The summed E-state index contributed by atoms with van der Waals surface area (Å²) in [6.07, 6.45) is 0. The van der Waals surface area contributed by atoms with Crippen LogP contribution in [0.3, 0.4) is 0 Å². The molecule has 0 unspecified atom stereocenters. The number of hydrogen-bond acceptors (Lipinski definition) is 3. The molecule has 0 saturated carbocycles. The molecule has 0 fully saturated rings. The standard InChI is InChI=1S/C11H15O3/c1-11(13-3,14-4)9-6-5-7-10(8-9)12-2/h5-8H,1H2,2-4H3. The Balaban J connectivity index is 3.04. The summed E-state index contributed by atoms with van der Waals surface area (Å²) >= 11 is 0. The number of methoxy groups -OCH3 is 3. The fourth-order valence-electron chi connectivity index (χ4n) is 1.18. The number of hydrogen-bond donors (Lipinski definition) is 0. The lowest BCUT2D eigenvalue weighted by molar-refractivity contribution is -0.180. The summed E-state index contributed by atoms with van der Waals surface area (Å²) in [6, 6.07) is 7.43. The maximum absolute atomic E-state index is 5.18. The molecule has 1 aromatic carbocycles. The van der Waals surface area contributed by atoms with E-state index in [2.05, 4.69) is 6.92 Å². The van der Waals surface area contributed by atoms with Gasteiger partial charge in [0, 0.05) is 26.7 Å². The van der Waals surface area contributed by atoms with Crippen molar-refractivity contribution >= 4 is 0 Å². The van der Waals surface area contributed by atoms with Gasteiger partial charge in [-0.25, -0.2) is 0 Å². The molecule has 0 spiro atoms. The highest BCUT2D eigenvalue weighted by Crippen LogP contribution is 2.27. The van der Waals surface area contributed by atoms with Crippen LogP contribution in [0.1, 0.15) is 5.56 Å². The van der Waals surface area contributed by atoms with E-state index in [1.807, 2.05) is 24.3 Å². The van der Waals surface area contributed by atoms with Crippen LogP contribution in [-0.2, 0) is 15.3 Å². The Kier molecular flexibility index (Phi) is 3.49. The summed E-state index contributed by atoms with van der Waals surface area (Å²) in [5, 5.41) is 0. The van der Waals surface area contributed by atoms with Crippen molar-refractivity contribution in [3.8, 4) is 5.75 Å². The fraction of sp³-hybridized carbons (Fsp3) is 0.364. The third-order valence-corrected chi connectivity index (χ3v) is 2.17. The monoisotopic (exact) mass is 195 g/mol. The molecule has 0 aliphatic rings. The quantitative estimate of drug-likeness (QED) is 0.687. The summed E-state index contributed by atoms with van der Waals surface area (Å²) < 4.78 is 15.5. The van der Waals surface area contributed by atoms with Crippen LogP contribution in [-0.4, -0.2) is 21.3 Å². The largest absolute Gasteiger partial charge is 0.497 e. The maximum Gasteiger partial charge on any atom is 0.194 e. The van der Waals surface area contributed by atoms with Gasteiger partial charge in [-0.15, -0.1) is 0 Å². The van der Waals surface area contributed by atoms with E-state index in [-0.39, 0.29) is 0 Å². The van der Waals surface area contributed by atoms with Crippen LogP contribution < -0.4 is 4.74 Å². The zero-order valence-corrected chi connectivity index (χ0v) is 8.74. The normalized spacial score (nSPS) is 11.4. The molecule has 0 amide bonds. The summed E-state index contributed by atoms with van der Waals surface area (Å²) in [7, 11) is 4.72. The summed E-state index contributed by atoms with van der Waals surface area (Å²) in [4.78, 5) is 0. The van der Waals surface area contributed by atoms with Gasteiger partial charge in [0.2, 0.25) is 0 Å². The minimum absolute atomic E-state index is 0.754. The van der Waals surface area contributed by atoms with Crippen molar-refractivity contribution in [3.05, 3.63) is 36.8 Å². The lowest BCUT2D eigenvalue weighted by atomic mass is 10.1. The van der Waals surface area contributed by atoms with E-state index in [9.17, 15) is 0 Å². The van der Waals surface area contributed by atoms with E-state index < -0.39 is 5.79 Å². The molecule has 0 atom stereocenters. The topological polar surface area (TPSA) is 27.7 Å². The van der Waals surface area contributed by atoms with E-state index in [0.717, 1.165) is 11.3 Å². The highest BCUT2D eigenvalue weighted by Gasteiger charge is 2.25. The van der Waals surface area contributed by atoms with Crippen LogP contribution in [0.2, 0.25) is 0 Å². The molecule has 1 rings (SSSR count). The van der Waals surface area contributed by atoms with Gasteiger partial charge in [-0.1, -0.05) is 12.1 Å². The number of benzene rings is 1. The van der Waals surface area contributed by atoms with Gasteiger partial charge in [-0.05, 0) is 12.1 Å². The molecule has 3 nitrogen and oxygen atoms in total. The molecule has 0 saturated heterocycles. The molecule has 0 aliphatic heterocycles. The van der Waals surface area contributed by atoms with Crippen molar-refractivity contribution in [2.45, 2.75) is 5.79 Å². The minimum atomic E-state index is -0.964. The average molecular weight is 195 g/mol. The third kappa shape index (κ3) is 2.05. The Hall–Kier alpha value is -1.06. The van der Waals surface area contributed by atoms with Gasteiger partial charge < -0.3 is 14.2 Å². The molecule has 1 radical (unpaired) electrons. The summed E-state index contributed by atoms with van der Waals surface area (Å²) in [5.74, 6) is -0.209. The van der Waals surface area contributed by atoms with Gasteiger partial charge in [0.25, 0.3) is 0 Å². The molecule has 77 valence electrons. The van der Waals surface area contributed by atoms with Crippen LogP contribution in [0.5, 0.6) is 5.75 Å². The fourth-order valence-corrected chi connectivity index (χ4v) is 1.18. The van der Waals surface area contributed by atoms with Gasteiger partial charge in [0.1, 0.15) is 5.75 Å². The molecule has 1 aromatic rings. The first-order chi connectivity index (χ1) is 6.66. The van der Waals surface area contributed by atoms with Crippen LogP contribution in [0, 0.1) is 6.92 Å². The van der Waals surface area contributed by atoms with Crippen molar-refractivity contribution in [3.63, 3.8) is 0 Å². The van der Waals surface area contributed by atoms with Crippen molar-refractivity contribution < 1.29 is 14.2 Å². The summed E-state index contributed by atoms with van der Waals surface area (Å²) in [6.45, 7) is 3.85. The van der Waals surface area contributed by atoms with Gasteiger partial charge in [0.15, 0.2) is 5.79 Å². The molecule has 0 heterocycles. The van der Waals surface area contributed by atoms with Gasteiger partial charge in [0.05, 0.1) is 7.11 Å². The molecular formula is C11H15O3. The van der Waals surface area contributed by atoms with Gasteiger partial charge in [-0.2, -0.15) is 0 Å². The molecule has 0 aliphatic carbocycles. The minimum Gasteiger partial charge on any atom is -0.497 e. The van der Waals surface area contributed by atoms with Crippen molar-refractivity contribution in [1.82, 2.24) is 0 Å². The zero-order valence-electron chi connectivity index (χ0n) is 8.74. The lowest BCUT2D eigenvalue weighted by Crippen LogP contribution is -2.26. The van der Waals surface area contributed by atoms with Crippen molar-refractivity contribution in [2.24, 2.45) is 0 Å². The van der Waals surface area contributed by atoms with E-state index in [0.29, 0.717) is 0 Å². The Labute approximate surface area is 84.6 Å². The number of rotatable bonds is 4.